The van der Waals surface area contributed by atoms with Crippen molar-refractivity contribution in [3.63, 3.8) is 0 Å². The van der Waals surface area contributed by atoms with Crippen LogP contribution in [-0.4, -0.2) is 25.0 Å². The zero-order chi connectivity index (χ0) is 27.4. The summed E-state index contributed by atoms with van der Waals surface area (Å²) < 4.78 is 37.9. The number of aliphatic carboxylic acids is 1. The predicted octanol–water partition coefficient (Wildman–Crippen LogP) is 2.73. The summed E-state index contributed by atoms with van der Waals surface area (Å²) >= 11 is 0. The minimum atomic E-state index is -4.50. The number of carbonyl (C=O) groups excluding carboxylic acids is 1. The summed E-state index contributed by atoms with van der Waals surface area (Å²) in [6, 6.07) is 0. The van der Waals surface area contributed by atoms with E-state index in [4.69, 9.17) is 4.18 Å². The Labute approximate surface area is 272 Å². The summed E-state index contributed by atoms with van der Waals surface area (Å²) in [7, 11) is -4.50. The van der Waals surface area contributed by atoms with Gasteiger partial charge in [0.05, 0.1) is 6.10 Å². The molecule has 0 heterocycles. The van der Waals surface area contributed by atoms with Crippen LogP contribution in [0.25, 0.3) is 0 Å². The number of carbonyl (C=O) groups is 1. The third kappa shape index (κ3) is 4.44. The molecule has 4 saturated carbocycles. The third-order valence-corrected chi connectivity index (χ3v) is 14.0. The first-order valence-corrected chi connectivity index (χ1v) is 15.8. The number of allylic oxidation sites excluding steroid dienone is 2. The Morgan fingerprint density at radius 1 is 0.947 bits per heavy atom. The van der Waals surface area contributed by atoms with Gasteiger partial charge in [-0.3, -0.25) is 4.55 Å². The second kappa shape index (κ2) is 9.62. The Morgan fingerprint density at radius 2 is 1.58 bits per heavy atom. The molecular weight excluding hydrogens is 527 g/mol. The van der Waals surface area contributed by atoms with E-state index in [0.717, 1.165) is 44.9 Å². The maximum Gasteiger partial charge on any atom is 1.00 e. The van der Waals surface area contributed by atoms with Crippen molar-refractivity contribution in [1.82, 2.24) is 0 Å². The van der Waals surface area contributed by atoms with E-state index >= 15 is 0 Å². The summed E-state index contributed by atoms with van der Waals surface area (Å²) in [6.45, 7) is 15.9. The van der Waals surface area contributed by atoms with Crippen molar-refractivity contribution in [3.05, 3.63) is 11.6 Å². The van der Waals surface area contributed by atoms with E-state index in [1.807, 2.05) is 6.92 Å². The molecule has 5 rings (SSSR count). The summed E-state index contributed by atoms with van der Waals surface area (Å²) in [5.74, 6) is 0.129. The molecule has 0 aliphatic heterocycles. The zero-order valence-electron chi connectivity index (χ0n) is 24.9. The standard InChI is InChI=1S/C30H48O6S.K/c1-25(2)21-10-13-30(7)22(28(21,5)12-11-23(25)36-37(33,34)35)9-8-19-20-18-27(4,24(31)32)15-14-26(20,3)16-17-29(19,30)6;/h8,20-23H,9-18H2,1-7H3,(H,31,32)(H,33,34,35);/q;+1/p-1/t20-,21-,22+,23?,26+,27-,28-,29+,30+;/m0./s1. The zero-order valence-corrected chi connectivity index (χ0v) is 28.8. The SMILES string of the molecule is CC1(C)C(OS(=O)(=O)O)CC[C@]2(C)[C@H]3CC=C4[C@@H]5C[C@@](C)(C(=O)[O-])CC[C@]5(C)CC[C@@]4(C)[C@]3(C)CC[C@@H]12.[K+]. The fourth-order valence-electron chi connectivity index (χ4n) is 10.8. The molecule has 5 aliphatic carbocycles. The Bertz CT molecular complexity index is 1130. The molecule has 0 aromatic carbocycles. The summed E-state index contributed by atoms with van der Waals surface area (Å²) in [6.07, 6.45) is 11.1. The van der Waals surface area contributed by atoms with Crippen molar-refractivity contribution in [3.8, 4) is 0 Å². The van der Waals surface area contributed by atoms with Gasteiger partial charge < -0.3 is 9.90 Å². The summed E-state index contributed by atoms with van der Waals surface area (Å²) in [5, 5.41) is 12.2. The Kier molecular flexibility index (Phi) is 8.01. The second-order valence-electron chi connectivity index (χ2n) is 15.4. The molecule has 0 bridgehead atoms. The van der Waals surface area contributed by atoms with Crippen molar-refractivity contribution in [2.75, 3.05) is 0 Å². The molecule has 4 fully saturated rings. The molecule has 0 amide bonds. The van der Waals surface area contributed by atoms with Gasteiger partial charge in [-0.1, -0.05) is 60.1 Å². The van der Waals surface area contributed by atoms with E-state index in [1.165, 1.54) is 5.57 Å². The summed E-state index contributed by atoms with van der Waals surface area (Å²) in [4.78, 5) is 12.2. The fraction of sp³-hybridized carbons (Fsp3) is 0.900. The first-order valence-electron chi connectivity index (χ1n) is 14.4. The van der Waals surface area contributed by atoms with Crippen LogP contribution in [0.2, 0.25) is 0 Å². The molecule has 0 aromatic heterocycles. The van der Waals surface area contributed by atoms with Crippen LogP contribution in [0.4, 0.5) is 0 Å². The van der Waals surface area contributed by atoms with Crippen LogP contribution < -0.4 is 56.5 Å². The molecule has 1 unspecified atom stereocenters. The molecule has 5 aliphatic rings. The quantitative estimate of drug-likeness (QED) is 0.316. The van der Waals surface area contributed by atoms with Gasteiger partial charge in [-0.2, -0.15) is 8.42 Å². The van der Waals surface area contributed by atoms with E-state index in [1.54, 1.807) is 0 Å². The number of fused-ring (bicyclic) bond motifs is 7. The van der Waals surface area contributed by atoms with Crippen LogP contribution >= 0.6 is 0 Å². The average Bonchev–Trinajstić information content (AvgIpc) is 2.77. The van der Waals surface area contributed by atoms with E-state index in [-0.39, 0.29) is 84.4 Å². The van der Waals surface area contributed by atoms with Crippen molar-refractivity contribution < 1.29 is 78.4 Å². The van der Waals surface area contributed by atoms with Crippen molar-refractivity contribution >= 4 is 16.4 Å². The minimum Gasteiger partial charge on any atom is -0.550 e. The second-order valence-corrected chi connectivity index (χ2v) is 16.5. The van der Waals surface area contributed by atoms with Gasteiger partial charge in [0.15, 0.2) is 0 Å². The molecule has 0 aromatic rings. The minimum absolute atomic E-state index is 0. The Hall–Kier alpha value is 0.716. The maximum atomic E-state index is 12.2. The number of hydrogen-bond acceptors (Lipinski definition) is 5. The van der Waals surface area contributed by atoms with Gasteiger partial charge in [-0.05, 0) is 109 Å². The summed E-state index contributed by atoms with van der Waals surface area (Å²) in [5.41, 5.74) is 0.665. The molecule has 210 valence electrons. The van der Waals surface area contributed by atoms with Crippen molar-refractivity contribution in [2.45, 2.75) is 119 Å². The molecule has 0 spiro atoms. The monoisotopic (exact) mass is 574 g/mol. The van der Waals surface area contributed by atoms with Gasteiger partial charge in [-0.25, -0.2) is 4.18 Å². The first-order chi connectivity index (χ1) is 16.8. The molecule has 0 radical (unpaired) electrons. The maximum absolute atomic E-state index is 12.2. The largest absolute Gasteiger partial charge is 1.00 e. The molecule has 38 heavy (non-hydrogen) atoms. The van der Waals surface area contributed by atoms with Gasteiger partial charge in [0.1, 0.15) is 0 Å². The van der Waals surface area contributed by atoms with Crippen LogP contribution in [0, 0.1) is 50.2 Å². The van der Waals surface area contributed by atoms with Gasteiger partial charge in [-0.15, -0.1) is 0 Å². The van der Waals surface area contributed by atoms with Crippen molar-refractivity contribution in [1.29, 1.82) is 0 Å². The molecule has 8 heteroatoms. The topological polar surface area (TPSA) is 104 Å². The van der Waals surface area contributed by atoms with Crippen LogP contribution in [0.1, 0.15) is 113 Å². The van der Waals surface area contributed by atoms with E-state index in [2.05, 4.69) is 47.6 Å². The van der Waals surface area contributed by atoms with Gasteiger partial charge in [0.25, 0.3) is 0 Å². The molecule has 0 saturated heterocycles. The normalized spacial score (nSPS) is 49.7. The van der Waals surface area contributed by atoms with Crippen LogP contribution in [0.15, 0.2) is 11.6 Å². The van der Waals surface area contributed by atoms with Crippen LogP contribution in [0.3, 0.4) is 0 Å². The number of carboxylic acids is 1. The number of hydrogen-bond donors (Lipinski definition) is 1. The Morgan fingerprint density at radius 3 is 2.18 bits per heavy atom. The van der Waals surface area contributed by atoms with Gasteiger partial charge in [0, 0.05) is 11.4 Å². The van der Waals surface area contributed by atoms with Crippen LogP contribution in [0.5, 0.6) is 0 Å². The number of rotatable bonds is 3. The Balaban J connectivity index is 0.00000336. The molecule has 1 N–H and O–H groups in total. The average molecular weight is 575 g/mol. The van der Waals surface area contributed by atoms with Crippen molar-refractivity contribution in [2.24, 2.45) is 50.2 Å². The smallest absolute Gasteiger partial charge is 0.550 e. The fourth-order valence-corrected chi connectivity index (χ4v) is 11.5. The van der Waals surface area contributed by atoms with Gasteiger partial charge in [0.2, 0.25) is 0 Å². The third-order valence-electron chi connectivity index (χ3n) is 13.5. The van der Waals surface area contributed by atoms with E-state index in [9.17, 15) is 22.9 Å². The van der Waals surface area contributed by atoms with E-state index in [0.29, 0.717) is 31.1 Å². The van der Waals surface area contributed by atoms with Crippen LogP contribution in [-0.2, 0) is 19.4 Å². The van der Waals surface area contributed by atoms with Gasteiger partial charge >= 0.3 is 61.8 Å². The number of carboxylic acid groups (broad SMARTS) is 1. The molecular formula is C30H47KO6S. The molecule has 6 nitrogen and oxygen atoms in total. The molecule has 9 atom stereocenters. The predicted molar refractivity (Wildman–Crippen MR) is 140 cm³/mol. The first kappa shape index (κ1) is 31.6. The van der Waals surface area contributed by atoms with E-state index < -0.39 is 27.9 Å².